The van der Waals surface area contributed by atoms with Crippen LogP contribution >= 0.6 is 0 Å². The number of carbonyl (C=O) groups excluding carboxylic acids is 2. The summed E-state index contributed by atoms with van der Waals surface area (Å²) >= 11 is 0. The van der Waals surface area contributed by atoms with Gasteiger partial charge >= 0.3 is 5.97 Å². The fourth-order valence-electron chi connectivity index (χ4n) is 2.21. The van der Waals surface area contributed by atoms with Crippen molar-refractivity contribution in [2.45, 2.75) is 33.6 Å². The minimum absolute atomic E-state index is 0.0342. The summed E-state index contributed by atoms with van der Waals surface area (Å²) in [5.74, 6) is 0.0907. The van der Waals surface area contributed by atoms with E-state index >= 15 is 0 Å². The van der Waals surface area contributed by atoms with Gasteiger partial charge in [0.05, 0.1) is 12.2 Å². The molecule has 1 heterocycles. The van der Waals surface area contributed by atoms with Gasteiger partial charge in [-0.25, -0.2) is 4.79 Å². The summed E-state index contributed by atoms with van der Waals surface area (Å²) in [4.78, 5) is 23.7. The van der Waals surface area contributed by atoms with Crippen molar-refractivity contribution < 1.29 is 18.7 Å². The van der Waals surface area contributed by atoms with Gasteiger partial charge in [0, 0.05) is 12.8 Å². The van der Waals surface area contributed by atoms with E-state index in [1.165, 1.54) is 6.26 Å². The van der Waals surface area contributed by atoms with Crippen LogP contribution in [-0.2, 0) is 11.2 Å². The fraction of sp³-hybridized carbons (Fsp3) is 0.538. The summed E-state index contributed by atoms with van der Waals surface area (Å²) in [6.45, 7) is 6.05. The Hall–Kier alpha value is -1.58. The van der Waals surface area contributed by atoms with E-state index in [-0.39, 0.29) is 16.8 Å². The highest BCUT2D eigenvalue weighted by molar-refractivity contribution is 6.07. The van der Waals surface area contributed by atoms with Crippen LogP contribution in [0.1, 0.15) is 53.7 Å². The average molecular weight is 236 g/mol. The van der Waals surface area contributed by atoms with Crippen molar-refractivity contribution >= 4 is 11.8 Å². The van der Waals surface area contributed by atoms with Crippen LogP contribution in [0.2, 0.25) is 0 Å². The first-order valence-corrected chi connectivity index (χ1v) is 5.75. The Labute approximate surface area is 99.9 Å². The Morgan fingerprint density at radius 2 is 2.18 bits per heavy atom. The molecule has 0 amide bonds. The number of Topliss-reactive ketones (excluding diaryl/α,β-unsaturated/α-hetero) is 1. The second kappa shape index (κ2) is 4.02. The Bertz CT molecular complexity index is 468. The molecular weight excluding hydrogens is 220 g/mol. The zero-order chi connectivity index (χ0) is 12.6. The lowest BCUT2D eigenvalue weighted by atomic mass is 9.76. The molecule has 0 radical (unpaired) electrons. The fourth-order valence-corrected chi connectivity index (χ4v) is 2.21. The van der Waals surface area contributed by atoms with Crippen LogP contribution < -0.4 is 0 Å². The minimum atomic E-state index is -0.481. The second-order valence-corrected chi connectivity index (χ2v) is 5.11. The number of hydrogen-bond acceptors (Lipinski definition) is 4. The molecule has 0 aromatic carbocycles. The molecular formula is C13H16O4. The molecule has 1 aromatic rings. The normalized spacial score (nSPS) is 17.7. The Kier molecular flexibility index (Phi) is 2.81. The monoisotopic (exact) mass is 236 g/mol. The third-order valence-electron chi connectivity index (χ3n) is 2.92. The maximum atomic E-state index is 12.0. The van der Waals surface area contributed by atoms with E-state index in [0.717, 1.165) is 0 Å². The lowest BCUT2D eigenvalue weighted by Gasteiger charge is -2.27. The number of fused-ring (bicyclic) bond motifs is 1. The van der Waals surface area contributed by atoms with Gasteiger partial charge < -0.3 is 9.15 Å². The third kappa shape index (κ3) is 2.12. The van der Waals surface area contributed by atoms with Crippen LogP contribution in [0.25, 0.3) is 0 Å². The van der Waals surface area contributed by atoms with Crippen molar-refractivity contribution in [1.29, 1.82) is 0 Å². The molecule has 2 rings (SSSR count). The predicted octanol–water partition coefficient (Wildman–Crippen LogP) is 2.61. The molecule has 1 aliphatic rings. The van der Waals surface area contributed by atoms with Gasteiger partial charge in [-0.05, 0) is 12.3 Å². The van der Waals surface area contributed by atoms with Crippen LogP contribution in [0.15, 0.2) is 10.7 Å². The molecule has 4 heteroatoms. The van der Waals surface area contributed by atoms with Gasteiger partial charge in [-0.1, -0.05) is 13.8 Å². The van der Waals surface area contributed by atoms with Gasteiger partial charge in [0.15, 0.2) is 5.78 Å². The quantitative estimate of drug-likeness (QED) is 0.740. The van der Waals surface area contributed by atoms with Crippen molar-refractivity contribution in [1.82, 2.24) is 0 Å². The van der Waals surface area contributed by atoms with Crippen LogP contribution in [0, 0.1) is 5.41 Å². The van der Waals surface area contributed by atoms with E-state index < -0.39 is 5.97 Å². The summed E-state index contributed by atoms with van der Waals surface area (Å²) in [6, 6.07) is 0. The largest absolute Gasteiger partial charge is 0.468 e. The van der Waals surface area contributed by atoms with Gasteiger partial charge in [-0.2, -0.15) is 0 Å². The molecule has 0 saturated heterocycles. The summed E-state index contributed by atoms with van der Waals surface area (Å²) in [7, 11) is 0. The lowest BCUT2D eigenvalue weighted by molar-refractivity contribution is 0.0521. The lowest BCUT2D eigenvalue weighted by Crippen LogP contribution is -2.27. The summed E-state index contributed by atoms with van der Waals surface area (Å²) in [6.07, 6.45) is 2.45. The molecule has 0 aliphatic heterocycles. The maximum absolute atomic E-state index is 12.0. The molecule has 0 unspecified atom stereocenters. The summed E-state index contributed by atoms with van der Waals surface area (Å²) in [5, 5.41) is 0. The van der Waals surface area contributed by atoms with Gasteiger partial charge in [0.2, 0.25) is 0 Å². The van der Waals surface area contributed by atoms with Crippen LogP contribution in [0.5, 0.6) is 0 Å². The Morgan fingerprint density at radius 1 is 1.47 bits per heavy atom. The van der Waals surface area contributed by atoms with Crippen LogP contribution in [-0.4, -0.2) is 18.4 Å². The zero-order valence-corrected chi connectivity index (χ0v) is 10.3. The number of carbonyl (C=O) groups is 2. The number of hydrogen-bond donors (Lipinski definition) is 0. The number of ketones is 1. The van der Waals surface area contributed by atoms with Crippen molar-refractivity contribution in [3.63, 3.8) is 0 Å². The molecule has 0 fully saturated rings. The molecule has 17 heavy (non-hydrogen) atoms. The number of ether oxygens (including phenoxy) is 1. The maximum Gasteiger partial charge on any atom is 0.342 e. The topological polar surface area (TPSA) is 56.5 Å². The molecule has 92 valence electrons. The SMILES string of the molecule is CCOC(=O)c1coc2c1C(=O)CC(C)(C)C2. The zero-order valence-electron chi connectivity index (χ0n) is 10.3. The van der Waals surface area contributed by atoms with Crippen molar-refractivity contribution in [3.05, 3.63) is 23.2 Å². The molecule has 0 spiro atoms. The third-order valence-corrected chi connectivity index (χ3v) is 2.92. The molecule has 0 N–H and O–H groups in total. The average Bonchev–Trinajstić information content (AvgIpc) is 2.59. The van der Waals surface area contributed by atoms with Crippen molar-refractivity contribution in [2.75, 3.05) is 6.61 Å². The predicted molar refractivity (Wildman–Crippen MR) is 61.1 cm³/mol. The smallest absolute Gasteiger partial charge is 0.342 e. The highest BCUT2D eigenvalue weighted by Gasteiger charge is 2.36. The minimum Gasteiger partial charge on any atom is -0.468 e. The van der Waals surface area contributed by atoms with Crippen molar-refractivity contribution in [2.24, 2.45) is 5.41 Å². The molecule has 4 nitrogen and oxygen atoms in total. The van der Waals surface area contributed by atoms with Gasteiger partial charge in [-0.3, -0.25) is 4.79 Å². The van der Waals surface area contributed by atoms with E-state index in [0.29, 0.717) is 30.8 Å². The van der Waals surface area contributed by atoms with E-state index in [4.69, 9.17) is 9.15 Å². The molecule has 0 saturated carbocycles. The molecule has 1 aromatic heterocycles. The van der Waals surface area contributed by atoms with Crippen LogP contribution in [0.3, 0.4) is 0 Å². The van der Waals surface area contributed by atoms with Gasteiger partial charge in [0.25, 0.3) is 0 Å². The highest BCUT2D eigenvalue weighted by Crippen LogP contribution is 2.37. The molecule has 0 bridgehead atoms. The van der Waals surface area contributed by atoms with E-state index in [9.17, 15) is 9.59 Å². The first-order chi connectivity index (χ1) is 7.94. The van der Waals surface area contributed by atoms with E-state index in [2.05, 4.69) is 0 Å². The molecule has 0 atom stereocenters. The van der Waals surface area contributed by atoms with E-state index in [1.54, 1.807) is 6.92 Å². The Morgan fingerprint density at radius 3 is 2.82 bits per heavy atom. The number of esters is 1. The standard InChI is InChI=1S/C13H16O4/c1-4-16-12(15)8-7-17-10-6-13(2,3)5-9(14)11(8)10/h7H,4-6H2,1-3H3. The first kappa shape index (κ1) is 11.9. The Balaban J connectivity index is 2.39. The van der Waals surface area contributed by atoms with Gasteiger partial charge in [0.1, 0.15) is 17.6 Å². The number of furan rings is 1. The highest BCUT2D eigenvalue weighted by atomic mass is 16.5. The first-order valence-electron chi connectivity index (χ1n) is 5.75. The summed E-state index contributed by atoms with van der Waals surface area (Å²) in [5.41, 5.74) is 0.582. The number of rotatable bonds is 2. The van der Waals surface area contributed by atoms with Crippen molar-refractivity contribution in [3.8, 4) is 0 Å². The molecule has 1 aliphatic carbocycles. The van der Waals surface area contributed by atoms with E-state index in [1.807, 2.05) is 13.8 Å². The second-order valence-electron chi connectivity index (χ2n) is 5.11. The van der Waals surface area contributed by atoms with Crippen LogP contribution in [0.4, 0.5) is 0 Å². The summed E-state index contributed by atoms with van der Waals surface area (Å²) < 4.78 is 10.2. The van der Waals surface area contributed by atoms with Gasteiger partial charge in [-0.15, -0.1) is 0 Å².